The van der Waals surface area contributed by atoms with Crippen molar-refractivity contribution >= 4 is 58.5 Å². The summed E-state index contributed by atoms with van der Waals surface area (Å²) >= 11 is 6.52. The van der Waals surface area contributed by atoms with Crippen LogP contribution in [0.2, 0.25) is 0 Å². The Hall–Kier alpha value is -4.97. The summed E-state index contributed by atoms with van der Waals surface area (Å²) < 4.78 is 59.6. The van der Waals surface area contributed by atoms with Gasteiger partial charge in [0.15, 0.2) is 0 Å². The van der Waals surface area contributed by atoms with Crippen LogP contribution < -0.4 is 0 Å². The molecule has 6 fully saturated rings. The number of allylic oxidation sites excluding steroid dienone is 7. The molecule has 25 nitrogen and oxygen atoms in total. The van der Waals surface area contributed by atoms with Crippen LogP contribution in [0, 0.1) is 59.2 Å². The van der Waals surface area contributed by atoms with Crippen molar-refractivity contribution in [2.45, 2.75) is 326 Å². The number of carbonyl (C=O) groups is 8. The van der Waals surface area contributed by atoms with E-state index in [1.165, 1.54) is 38.2 Å². The molecule has 4 saturated heterocycles. The summed E-state index contributed by atoms with van der Waals surface area (Å²) in [4.78, 5) is 116. The van der Waals surface area contributed by atoms with E-state index in [0.29, 0.717) is 101 Å². The lowest BCUT2D eigenvalue weighted by Gasteiger charge is -2.47. The molecule has 5 N–H and O–H groups in total. The van der Waals surface area contributed by atoms with E-state index in [1.807, 2.05) is 65.8 Å². The van der Waals surface area contributed by atoms with E-state index >= 15 is 0 Å². The van der Waals surface area contributed by atoms with Gasteiger partial charge in [-0.1, -0.05) is 90.0 Å². The average molecular weight is 1610 g/mol. The van der Waals surface area contributed by atoms with Gasteiger partial charge in [-0.25, -0.2) is 9.59 Å². The number of piperidine rings is 2. The Morgan fingerprint density at radius 1 is 0.513 bits per heavy atom. The van der Waals surface area contributed by atoms with Gasteiger partial charge >= 0.3 is 11.9 Å². The molecular weight excluding hydrogens is 1480 g/mol. The second-order valence-corrected chi connectivity index (χ2v) is 34.9. The van der Waals surface area contributed by atoms with Crippen molar-refractivity contribution in [3.63, 3.8) is 0 Å². The summed E-state index contributed by atoms with van der Waals surface area (Å²) in [5.74, 6) is -15.1. The van der Waals surface area contributed by atoms with Crippen LogP contribution in [0.3, 0.4) is 0 Å². The van der Waals surface area contributed by atoms with Crippen molar-refractivity contribution in [1.29, 1.82) is 0 Å². The first kappa shape index (κ1) is 95.2. The minimum Gasteiger partial charge on any atom is -0.456 e. The van der Waals surface area contributed by atoms with Crippen LogP contribution in [-0.4, -0.2) is 246 Å². The zero-order valence-electron chi connectivity index (χ0n) is 70.4. The molecule has 28 atom stereocenters. The third kappa shape index (κ3) is 24.0. The highest BCUT2D eigenvalue weighted by Crippen LogP contribution is 2.43. The standard InChI is InChI=1S/C44H69NO12.C43H68ClNO11/c1-10-13-31-19-25(2)18-26(3)20-37(54-8)40-38(55-9)22-28(5)44(52,57-40)41(49)42(50)45-17-12-11-14-32(45)43(51)56-39(29(6)34(47)24-35(31)48)27(4)21-30-15-16-33(46)36(23-30)53-7;1-10-30-18-24(2)17-25(3)19-36(53-8)39-37(54-9)21-27(5)43(51,56-39)40(48)41(49)45-16-12-11-13-32(45)42(50)55-38(28(6)33(46)23-34(30)47)26(4)20-29-14-15-31(44)35(22-29)52-7/h10,19,21,26,28-34,36-40,46-47,52H,1,11-18,20,22-24H2,2-9H3;18,20,25,27-33,35-39,46,51H,10-17,19,21-23H2,1-9H3/b25-19+,27-21+;24-18+,26-20+/t26-,28+,29+,30-,31+,32-,33+,34-,36+,37-,38-,39+,40+,44+;25-,27+,28+,29-,30+,31+,32-,33-,35+,36-,37-,38+,39+,43+/m00/s1. The molecule has 6 aliphatic heterocycles. The van der Waals surface area contributed by atoms with Crippen molar-refractivity contribution in [2.24, 2.45) is 59.2 Å². The van der Waals surface area contributed by atoms with Crippen molar-refractivity contribution in [3.8, 4) is 0 Å². The highest BCUT2D eigenvalue weighted by atomic mass is 35.5. The molecule has 640 valence electrons. The summed E-state index contributed by atoms with van der Waals surface area (Å²) in [6.45, 7) is 24.5. The van der Waals surface area contributed by atoms with E-state index in [1.54, 1.807) is 48.0 Å². The molecule has 2 amide bonds. The number of esters is 2. The molecule has 113 heavy (non-hydrogen) atoms. The molecule has 26 heteroatoms. The largest absolute Gasteiger partial charge is 0.456 e. The summed E-state index contributed by atoms with van der Waals surface area (Å²) in [6.07, 6.45) is 10.1. The fourth-order valence-corrected chi connectivity index (χ4v) is 19.1. The first-order valence-electron chi connectivity index (χ1n) is 41.6. The molecule has 2 aliphatic carbocycles. The van der Waals surface area contributed by atoms with Crippen molar-refractivity contribution in [2.75, 3.05) is 55.7 Å². The molecule has 4 bridgehead atoms. The number of Topliss-reactive ketones (excluding diaryl/α,β-unsaturated/α-hetero) is 4. The van der Waals surface area contributed by atoms with Gasteiger partial charge in [-0.15, -0.1) is 18.2 Å². The van der Waals surface area contributed by atoms with Gasteiger partial charge in [-0.3, -0.25) is 28.8 Å². The number of aliphatic hydroxyl groups excluding tert-OH is 3. The number of ether oxygens (including phenoxy) is 10. The Labute approximate surface area is 676 Å². The van der Waals surface area contributed by atoms with Gasteiger partial charge < -0.3 is 82.7 Å². The van der Waals surface area contributed by atoms with Gasteiger partial charge in [0.1, 0.15) is 48.1 Å². The predicted molar refractivity (Wildman–Crippen MR) is 424 cm³/mol. The third-order valence-corrected chi connectivity index (χ3v) is 26.2. The fraction of sp³-hybridized carbons (Fsp3) is 0.793. The van der Waals surface area contributed by atoms with Gasteiger partial charge in [-0.05, 0) is 191 Å². The number of alkyl halides is 1. The van der Waals surface area contributed by atoms with Crippen LogP contribution in [0.4, 0.5) is 0 Å². The molecule has 6 heterocycles. The number of fused-ring (bicyclic) bond motifs is 6. The number of hydrogen-bond donors (Lipinski definition) is 5. The lowest BCUT2D eigenvalue weighted by Crippen LogP contribution is -2.64. The summed E-state index contributed by atoms with van der Waals surface area (Å²) in [6, 6.07) is -2.26. The lowest BCUT2D eigenvalue weighted by atomic mass is 9.81. The van der Waals surface area contributed by atoms with Crippen LogP contribution in [0.1, 0.15) is 217 Å². The number of ketones is 4. The predicted octanol–water partition coefficient (Wildman–Crippen LogP) is 10.4. The van der Waals surface area contributed by atoms with Gasteiger partial charge in [0, 0.05) is 104 Å². The summed E-state index contributed by atoms with van der Waals surface area (Å²) in [7, 11) is 9.32. The number of halogens is 1. The Kier molecular flexibility index (Phi) is 36.8. The second kappa shape index (κ2) is 43.7. The van der Waals surface area contributed by atoms with E-state index in [4.69, 9.17) is 59.0 Å². The molecule has 8 rings (SSSR count). The quantitative estimate of drug-likeness (QED) is 0.0495. The van der Waals surface area contributed by atoms with E-state index < -0.39 is 162 Å². The second-order valence-electron chi connectivity index (χ2n) is 34.4. The highest BCUT2D eigenvalue weighted by Gasteiger charge is 2.59. The molecule has 0 spiro atoms. The molecule has 8 aliphatic rings. The smallest absolute Gasteiger partial charge is 0.329 e. The number of cyclic esters (lactones) is 2. The van der Waals surface area contributed by atoms with E-state index in [0.717, 1.165) is 24.0 Å². The minimum absolute atomic E-state index is 0.00988. The van der Waals surface area contributed by atoms with Crippen LogP contribution in [-0.2, 0) is 85.7 Å². The van der Waals surface area contributed by atoms with Gasteiger partial charge in [0.25, 0.3) is 23.4 Å². The molecule has 0 aromatic carbocycles. The van der Waals surface area contributed by atoms with Gasteiger partial charge in [-0.2, -0.15) is 0 Å². The molecule has 0 aromatic heterocycles. The SMILES string of the molecule is C=CC[C@@H]1/C=C(\C)C[C@H](C)C[C@H](OC)[C@H]2O[C@@](O)(C(=O)C(=O)N3CCCC[C@H]3C(=O)O[C@H](/C(C)=C/[C@@H]3CC[C@@H](O)[C@H](OC)C3)[C@H](C)[C@@H](O)CC1=O)[C@H](C)C[C@@H]2OC.CC[C@@H]1/C=C(\C)C[C@H](C)C[C@H](OC)[C@H]2O[C@@](O)(C(=O)C(=O)N3CCCC[C@H]3C(=O)O[C@H](/C(C)=C/[C@@H]3CC[C@@H](Cl)[C@H](OC)C3)[C@H](C)[C@@H](O)CC1=O)[C@H](C)C[C@@H]2OC. The number of hydrogen-bond acceptors (Lipinski definition) is 23. The maximum atomic E-state index is 14.3. The monoisotopic (exact) mass is 1610 g/mol. The Morgan fingerprint density at radius 2 is 0.894 bits per heavy atom. The Bertz CT molecular complexity index is 3340. The fourth-order valence-electron chi connectivity index (χ4n) is 18.8. The van der Waals surface area contributed by atoms with Crippen molar-refractivity contribution < 1.29 is 111 Å². The topological polar surface area (TPSA) is 336 Å². The number of nitrogens with zero attached hydrogens (tertiary/aromatic N) is 2. The number of amides is 2. The Balaban J connectivity index is 0.000000313. The molecular formula is C87H137ClN2O23. The first-order chi connectivity index (χ1) is 53.5. The van der Waals surface area contributed by atoms with E-state index in [-0.39, 0.29) is 104 Å². The highest BCUT2D eigenvalue weighted by molar-refractivity contribution is 6.39. The maximum Gasteiger partial charge on any atom is 0.329 e. The van der Waals surface area contributed by atoms with Gasteiger partial charge in [0.05, 0.1) is 60.3 Å². The van der Waals surface area contributed by atoms with Gasteiger partial charge in [0.2, 0.25) is 11.6 Å². The molecule has 0 unspecified atom stereocenters. The Morgan fingerprint density at radius 3 is 1.29 bits per heavy atom. The van der Waals surface area contributed by atoms with E-state index in [9.17, 15) is 63.9 Å². The van der Waals surface area contributed by atoms with Crippen LogP contribution >= 0.6 is 11.6 Å². The van der Waals surface area contributed by atoms with Crippen molar-refractivity contribution in [3.05, 3.63) is 59.3 Å². The summed E-state index contributed by atoms with van der Waals surface area (Å²) in [5, 5.41) is 57.7. The molecule has 0 radical (unpaired) electrons. The lowest BCUT2D eigenvalue weighted by molar-refractivity contribution is -0.302. The molecule has 2 saturated carbocycles. The molecule has 0 aromatic rings. The minimum atomic E-state index is -2.51. The number of methoxy groups -OCH3 is 6. The zero-order chi connectivity index (χ0) is 83.7. The van der Waals surface area contributed by atoms with Crippen LogP contribution in [0.15, 0.2) is 59.3 Å². The third-order valence-electron chi connectivity index (χ3n) is 25.7. The van der Waals surface area contributed by atoms with E-state index in [2.05, 4.69) is 13.5 Å². The number of rotatable bonds is 13. The summed E-state index contributed by atoms with van der Waals surface area (Å²) in [5.41, 5.74) is 3.32. The normalized spacial score (nSPS) is 41.3. The average Bonchev–Trinajstić information content (AvgIpc) is 0.849. The zero-order valence-corrected chi connectivity index (χ0v) is 71.2. The first-order valence-corrected chi connectivity index (χ1v) is 42.1. The number of carbonyl (C=O) groups excluding carboxylic acids is 8. The maximum absolute atomic E-state index is 14.3. The number of aliphatic hydroxyl groups is 5. The van der Waals surface area contributed by atoms with Crippen LogP contribution in [0.25, 0.3) is 0 Å². The van der Waals surface area contributed by atoms with Crippen LogP contribution in [0.5, 0.6) is 0 Å². The van der Waals surface area contributed by atoms with Crippen molar-refractivity contribution in [1.82, 2.24) is 9.80 Å².